The molecule has 1 aromatic rings. The number of carbonyl (C=O) groups is 2. The van der Waals surface area contributed by atoms with Crippen molar-refractivity contribution in [3.05, 3.63) is 28.5 Å². The molecule has 140 valence electrons. The molecule has 0 saturated heterocycles. The van der Waals surface area contributed by atoms with Gasteiger partial charge in [-0.1, -0.05) is 11.6 Å². The molecule has 9 heteroatoms. The number of alkyl carbamates (subject to hydrolysis) is 1. The number of nitrogens with one attached hydrogen (secondary N) is 1. The number of hydrogen-bond donors (Lipinski definition) is 3. The number of esters is 1. The molecule has 1 rings (SSSR count). The number of aliphatic hydroxyl groups is 2. The normalized spacial score (nSPS) is 13.7. The van der Waals surface area contributed by atoms with Crippen LogP contribution in [-0.2, 0) is 9.47 Å². The van der Waals surface area contributed by atoms with Crippen molar-refractivity contribution in [3.63, 3.8) is 0 Å². The first kappa shape index (κ1) is 21.1. The summed E-state index contributed by atoms with van der Waals surface area (Å²) in [4.78, 5) is 26.9. The van der Waals surface area contributed by atoms with Crippen LogP contribution in [0.15, 0.2) is 12.3 Å². The standard InChI is InChI=1S/C16H23ClN2O6/c1-16(2,3)25-15(23)18-6-5-11(20)12(21)9-7-10(14(22)24-4)13(17)19-8-9/h7-8,11-12,20-21H,5-6H2,1-4H3,(H,18,23). The second-order valence-electron chi connectivity index (χ2n) is 6.33. The minimum atomic E-state index is -1.31. The van der Waals surface area contributed by atoms with E-state index in [1.165, 1.54) is 19.4 Å². The van der Waals surface area contributed by atoms with E-state index in [9.17, 15) is 19.8 Å². The Morgan fingerprint density at radius 1 is 1.36 bits per heavy atom. The average molecular weight is 375 g/mol. The predicted molar refractivity (Wildman–Crippen MR) is 90.4 cm³/mol. The number of pyridine rings is 1. The van der Waals surface area contributed by atoms with E-state index < -0.39 is 29.9 Å². The second-order valence-corrected chi connectivity index (χ2v) is 6.69. The molecule has 2 unspecified atom stereocenters. The van der Waals surface area contributed by atoms with Gasteiger partial charge in [-0.05, 0) is 33.3 Å². The number of nitrogens with zero attached hydrogens (tertiary/aromatic N) is 1. The molecule has 0 spiro atoms. The summed E-state index contributed by atoms with van der Waals surface area (Å²) >= 11 is 5.81. The van der Waals surface area contributed by atoms with Crippen molar-refractivity contribution in [2.45, 2.75) is 45.0 Å². The van der Waals surface area contributed by atoms with Crippen molar-refractivity contribution in [1.29, 1.82) is 0 Å². The molecule has 0 saturated carbocycles. The second kappa shape index (κ2) is 8.98. The van der Waals surface area contributed by atoms with E-state index in [1.54, 1.807) is 20.8 Å². The van der Waals surface area contributed by atoms with Gasteiger partial charge in [-0.2, -0.15) is 0 Å². The number of aromatic nitrogens is 1. The molecule has 0 aliphatic carbocycles. The number of halogens is 1. The van der Waals surface area contributed by atoms with Crippen molar-refractivity contribution >= 4 is 23.7 Å². The summed E-state index contributed by atoms with van der Waals surface area (Å²) in [7, 11) is 1.19. The lowest BCUT2D eigenvalue weighted by atomic mass is 10.0. The number of ether oxygens (including phenoxy) is 2. The number of carbonyl (C=O) groups excluding carboxylic acids is 2. The Labute approximate surface area is 151 Å². The molecule has 0 aliphatic heterocycles. The van der Waals surface area contributed by atoms with Crippen LogP contribution in [0.1, 0.15) is 49.2 Å². The highest BCUT2D eigenvalue weighted by Gasteiger charge is 2.22. The van der Waals surface area contributed by atoms with Crippen molar-refractivity contribution in [2.24, 2.45) is 0 Å². The molecule has 1 amide bonds. The number of hydrogen-bond acceptors (Lipinski definition) is 7. The zero-order valence-corrected chi connectivity index (χ0v) is 15.3. The molecule has 1 aromatic heterocycles. The van der Waals surface area contributed by atoms with E-state index in [0.29, 0.717) is 0 Å². The highest BCUT2D eigenvalue weighted by atomic mass is 35.5. The van der Waals surface area contributed by atoms with Crippen molar-refractivity contribution in [1.82, 2.24) is 10.3 Å². The minimum Gasteiger partial charge on any atom is -0.465 e. The first-order valence-corrected chi connectivity index (χ1v) is 7.99. The first-order chi connectivity index (χ1) is 11.5. The molecule has 0 aliphatic rings. The van der Waals surface area contributed by atoms with Crippen LogP contribution in [0.2, 0.25) is 5.15 Å². The number of aliphatic hydroxyl groups excluding tert-OH is 2. The van der Waals surface area contributed by atoms with E-state index in [-0.39, 0.29) is 29.2 Å². The summed E-state index contributed by atoms with van der Waals surface area (Å²) in [6.07, 6.45) is -1.80. The SMILES string of the molecule is COC(=O)c1cc(C(O)C(O)CCNC(=O)OC(C)(C)C)cnc1Cl. The van der Waals surface area contributed by atoms with Gasteiger partial charge in [0.15, 0.2) is 0 Å². The fraction of sp³-hybridized carbons (Fsp3) is 0.562. The fourth-order valence-corrected chi connectivity index (χ4v) is 2.08. The van der Waals surface area contributed by atoms with Crippen LogP contribution < -0.4 is 5.32 Å². The minimum absolute atomic E-state index is 0.0141. The lowest BCUT2D eigenvalue weighted by molar-refractivity contribution is 0.0120. The van der Waals surface area contributed by atoms with Crippen LogP contribution in [0.4, 0.5) is 4.79 Å². The van der Waals surface area contributed by atoms with Crippen LogP contribution >= 0.6 is 11.6 Å². The highest BCUT2D eigenvalue weighted by Crippen LogP contribution is 2.23. The van der Waals surface area contributed by atoms with E-state index in [1.807, 2.05) is 0 Å². The van der Waals surface area contributed by atoms with Crippen LogP contribution in [-0.4, -0.2) is 52.6 Å². The van der Waals surface area contributed by atoms with Crippen molar-refractivity contribution in [2.75, 3.05) is 13.7 Å². The molecule has 0 bridgehead atoms. The van der Waals surface area contributed by atoms with Gasteiger partial charge in [0.05, 0.1) is 18.8 Å². The monoisotopic (exact) mass is 374 g/mol. The summed E-state index contributed by atoms with van der Waals surface area (Å²) in [5.41, 5.74) is -0.434. The summed E-state index contributed by atoms with van der Waals surface area (Å²) in [6.45, 7) is 5.30. The summed E-state index contributed by atoms with van der Waals surface area (Å²) in [5, 5.41) is 22.7. The predicted octanol–water partition coefficient (Wildman–Crippen LogP) is 1.83. The Morgan fingerprint density at radius 3 is 2.56 bits per heavy atom. The Balaban J connectivity index is 2.63. The van der Waals surface area contributed by atoms with Gasteiger partial charge >= 0.3 is 12.1 Å². The summed E-state index contributed by atoms with van der Waals surface area (Å²) in [5.74, 6) is -0.701. The maximum atomic E-state index is 11.6. The highest BCUT2D eigenvalue weighted by molar-refractivity contribution is 6.32. The maximum Gasteiger partial charge on any atom is 0.407 e. The smallest absolute Gasteiger partial charge is 0.407 e. The topological polar surface area (TPSA) is 118 Å². The van der Waals surface area contributed by atoms with Gasteiger partial charge in [-0.25, -0.2) is 14.6 Å². The Bertz CT molecular complexity index is 617. The number of methoxy groups -OCH3 is 1. The van der Waals surface area contributed by atoms with Gasteiger partial charge < -0.3 is 25.0 Å². The molecule has 8 nitrogen and oxygen atoms in total. The number of rotatable bonds is 6. The van der Waals surface area contributed by atoms with Gasteiger partial charge in [0.2, 0.25) is 0 Å². The van der Waals surface area contributed by atoms with E-state index in [2.05, 4.69) is 15.0 Å². The van der Waals surface area contributed by atoms with Gasteiger partial charge in [0.25, 0.3) is 0 Å². The molecule has 0 radical (unpaired) electrons. The molecule has 1 heterocycles. The van der Waals surface area contributed by atoms with E-state index >= 15 is 0 Å². The lowest BCUT2D eigenvalue weighted by Crippen LogP contribution is -2.34. The van der Waals surface area contributed by atoms with Gasteiger partial charge in [-0.15, -0.1) is 0 Å². The molecule has 3 N–H and O–H groups in total. The fourth-order valence-electron chi connectivity index (χ4n) is 1.90. The van der Waals surface area contributed by atoms with Crippen molar-refractivity contribution < 1.29 is 29.3 Å². The van der Waals surface area contributed by atoms with Crippen LogP contribution in [0.25, 0.3) is 0 Å². The quantitative estimate of drug-likeness (QED) is 0.513. The molecular formula is C16H23ClN2O6. The summed E-state index contributed by atoms with van der Waals surface area (Å²) < 4.78 is 9.64. The van der Waals surface area contributed by atoms with Crippen LogP contribution in [0.3, 0.4) is 0 Å². The number of amides is 1. The zero-order valence-electron chi connectivity index (χ0n) is 14.6. The van der Waals surface area contributed by atoms with Gasteiger partial charge in [0.1, 0.15) is 16.9 Å². The third kappa shape index (κ3) is 6.85. The zero-order chi connectivity index (χ0) is 19.2. The molecule has 0 aromatic carbocycles. The molecule has 0 fully saturated rings. The maximum absolute atomic E-state index is 11.6. The Morgan fingerprint density at radius 2 is 2.00 bits per heavy atom. The molecule has 2 atom stereocenters. The van der Waals surface area contributed by atoms with E-state index in [0.717, 1.165) is 0 Å². The Kier molecular flexibility index (Phi) is 7.60. The molecule has 25 heavy (non-hydrogen) atoms. The first-order valence-electron chi connectivity index (χ1n) is 7.62. The largest absolute Gasteiger partial charge is 0.465 e. The van der Waals surface area contributed by atoms with E-state index in [4.69, 9.17) is 16.3 Å². The third-order valence-electron chi connectivity index (χ3n) is 3.08. The third-order valence-corrected chi connectivity index (χ3v) is 3.38. The van der Waals surface area contributed by atoms with Crippen LogP contribution in [0.5, 0.6) is 0 Å². The van der Waals surface area contributed by atoms with Gasteiger partial charge in [0, 0.05) is 18.3 Å². The lowest BCUT2D eigenvalue weighted by Gasteiger charge is -2.21. The summed E-state index contributed by atoms with van der Waals surface area (Å²) in [6, 6.07) is 1.30. The van der Waals surface area contributed by atoms with Crippen molar-refractivity contribution in [3.8, 4) is 0 Å². The van der Waals surface area contributed by atoms with Crippen LogP contribution in [0, 0.1) is 0 Å². The van der Waals surface area contributed by atoms with Gasteiger partial charge in [-0.3, -0.25) is 0 Å². The Hall–Kier alpha value is -1.90. The molecular weight excluding hydrogens is 352 g/mol. The average Bonchev–Trinajstić information content (AvgIpc) is 2.52.